The Morgan fingerprint density at radius 2 is 2.19 bits per heavy atom. The van der Waals surface area contributed by atoms with Gasteiger partial charge in [-0.1, -0.05) is 23.9 Å². The van der Waals surface area contributed by atoms with Crippen molar-refractivity contribution in [1.82, 2.24) is 25.4 Å². The minimum Gasteiger partial charge on any atom is -0.497 e. The van der Waals surface area contributed by atoms with Crippen LogP contribution in [0.25, 0.3) is 0 Å². The van der Waals surface area contributed by atoms with Crippen molar-refractivity contribution in [1.29, 1.82) is 0 Å². The predicted molar refractivity (Wildman–Crippen MR) is 98.2 cm³/mol. The van der Waals surface area contributed by atoms with Crippen LogP contribution in [0.5, 0.6) is 5.75 Å². The van der Waals surface area contributed by atoms with E-state index in [1.54, 1.807) is 37.0 Å². The number of amides is 2. The fraction of sp³-hybridized carbons (Fsp3) is 0.294. The van der Waals surface area contributed by atoms with Crippen LogP contribution in [0.15, 0.2) is 47.0 Å². The Morgan fingerprint density at radius 3 is 2.85 bits per heavy atom. The summed E-state index contributed by atoms with van der Waals surface area (Å²) in [5, 5.41) is 10.2. The van der Waals surface area contributed by atoms with Crippen molar-refractivity contribution in [3.63, 3.8) is 0 Å². The van der Waals surface area contributed by atoms with E-state index < -0.39 is 18.0 Å². The van der Waals surface area contributed by atoms with Gasteiger partial charge in [-0.15, -0.1) is 0 Å². The number of aromatic nitrogens is 3. The van der Waals surface area contributed by atoms with E-state index in [0.717, 1.165) is 0 Å². The molecule has 1 aromatic heterocycles. The molecule has 1 unspecified atom stereocenters. The molecule has 0 fully saturated rings. The number of nitrogens with zero attached hydrogens (tertiary/aromatic N) is 3. The number of hydrogen-bond donors (Lipinski definition) is 2. The molecule has 0 saturated carbocycles. The normalized spacial score (nSPS) is 16.6. The first-order chi connectivity index (χ1) is 13.0. The van der Waals surface area contributed by atoms with Crippen LogP contribution in [0.2, 0.25) is 0 Å². The third-order valence-corrected chi connectivity index (χ3v) is 5.06. The predicted octanol–water partition coefficient (Wildman–Crippen LogP) is 1.40. The highest BCUT2D eigenvalue weighted by atomic mass is 32.2. The van der Waals surface area contributed by atoms with Crippen LogP contribution in [-0.2, 0) is 16.6 Å². The fourth-order valence-corrected chi connectivity index (χ4v) is 3.56. The van der Waals surface area contributed by atoms with Crippen LogP contribution in [-0.4, -0.2) is 46.7 Å². The summed E-state index contributed by atoms with van der Waals surface area (Å²) in [6, 6.07) is 6.12. The Bertz CT molecular complexity index is 895. The second-order valence-corrected chi connectivity index (χ2v) is 6.59. The lowest BCUT2D eigenvalue weighted by molar-refractivity contribution is -0.136. The molecule has 0 aliphatic carbocycles. The number of thioether (sulfide) groups is 1. The Labute approximate surface area is 160 Å². The van der Waals surface area contributed by atoms with Crippen molar-refractivity contribution < 1.29 is 19.1 Å². The summed E-state index contributed by atoms with van der Waals surface area (Å²) in [5.41, 5.74) is 1.51. The lowest BCUT2D eigenvalue weighted by Gasteiger charge is -2.29. The maximum atomic E-state index is 12.5. The molecule has 10 heteroatoms. The van der Waals surface area contributed by atoms with E-state index in [1.165, 1.54) is 25.2 Å². The van der Waals surface area contributed by atoms with E-state index in [-0.39, 0.29) is 0 Å². The summed E-state index contributed by atoms with van der Waals surface area (Å²) < 4.78 is 11.8. The standard InChI is InChI=1S/C17H19N5O4S/c1-22-17(18-9-19-22)27-8-12-13(15(23)26-3)14(21-16(24)20-12)10-5-4-6-11(7-10)25-2/h4-7,9,14H,8H2,1-3H3,(H2,20,21,24). The monoisotopic (exact) mass is 389 g/mol. The number of nitrogens with one attached hydrogen (secondary N) is 2. The molecule has 2 amide bonds. The van der Waals surface area contributed by atoms with Gasteiger partial charge in [0.25, 0.3) is 0 Å². The van der Waals surface area contributed by atoms with E-state index in [9.17, 15) is 9.59 Å². The van der Waals surface area contributed by atoms with Gasteiger partial charge < -0.3 is 20.1 Å². The van der Waals surface area contributed by atoms with E-state index in [4.69, 9.17) is 9.47 Å². The highest BCUT2D eigenvalue weighted by Gasteiger charge is 2.33. The summed E-state index contributed by atoms with van der Waals surface area (Å²) in [4.78, 5) is 28.9. The van der Waals surface area contributed by atoms with Crippen LogP contribution in [0.4, 0.5) is 4.79 Å². The highest BCUT2D eigenvalue weighted by molar-refractivity contribution is 7.99. The minimum atomic E-state index is -0.656. The first-order valence-electron chi connectivity index (χ1n) is 8.03. The number of carbonyl (C=O) groups excluding carboxylic acids is 2. The number of urea groups is 1. The maximum Gasteiger partial charge on any atom is 0.338 e. The van der Waals surface area contributed by atoms with Crippen molar-refractivity contribution >= 4 is 23.8 Å². The summed E-state index contributed by atoms with van der Waals surface area (Å²) in [6.45, 7) is 0. The molecule has 0 bridgehead atoms. The number of carbonyl (C=O) groups is 2. The van der Waals surface area contributed by atoms with Crippen LogP contribution < -0.4 is 15.4 Å². The van der Waals surface area contributed by atoms with Crippen LogP contribution >= 0.6 is 11.8 Å². The average molecular weight is 389 g/mol. The van der Waals surface area contributed by atoms with Crippen molar-refractivity contribution in [2.24, 2.45) is 7.05 Å². The molecule has 27 heavy (non-hydrogen) atoms. The highest BCUT2D eigenvalue weighted by Crippen LogP contribution is 2.31. The molecule has 1 atom stereocenters. The van der Waals surface area contributed by atoms with Gasteiger partial charge in [0.1, 0.15) is 12.1 Å². The van der Waals surface area contributed by atoms with Gasteiger partial charge in [0, 0.05) is 18.5 Å². The number of hydrogen-bond acceptors (Lipinski definition) is 7. The SMILES string of the molecule is COC(=O)C1=C(CSc2ncnn2C)NC(=O)NC1c1cccc(OC)c1. The number of aryl methyl sites for hydroxylation is 1. The van der Waals surface area contributed by atoms with Gasteiger partial charge in [-0.2, -0.15) is 5.10 Å². The van der Waals surface area contributed by atoms with Crippen LogP contribution in [0.1, 0.15) is 11.6 Å². The number of benzene rings is 1. The minimum absolute atomic E-state index is 0.324. The number of esters is 1. The Hall–Kier alpha value is -3.01. The van der Waals surface area contributed by atoms with Gasteiger partial charge in [0.15, 0.2) is 5.16 Å². The lowest BCUT2D eigenvalue weighted by Crippen LogP contribution is -2.46. The molecular formula is C17H19N5O4S. The molecule has 2 heterocycles. The van der Waals surface area contributed by atoms with E-state index >= 15 is 0 Å². The second-order valence-electron chi connectivity index (χ2n) is 5.65. The molecule has 1 aromatic carbocycles. The molecule has 9 nitrogen and oxygen atoms in total. The van der Waals surface area contributed by atoms with Crippen molar-refractivity contribution in [2.75, 3.05) is 20.0 Å². The number of rotatable bonds is 6. The molecule has 142 valence electrons. The Morgan fingerprint density at radius 1 is 1.37 bits per heavy atom. The van der Waals surface area contributed by atoms with E-state index in [2.05, 4.69) is 20.7 Å². The van der Waals surface area contributed by atoms with Crippen molar-refractivity contribution in [3.05, 3.63) is 47.4 Å². The molecule has 3 rings (SSSR count). The van der Waals surface area contributed by atoms with Crippen LogP contribution in [0, 0.1) is 0 Å². The molecular weight excluding hydrogens is 370 g/mol. The largest absolute Gasteiger partial charge is 0.497 e. The molecule has 2 aromatic rings. The fourth-order valence-electron chi connectivity index (χ4n) is 2.71. The molecule has 1 aliphatic heterocycles. The quantitative estimate of drug-likeness (QED) is 0.568. The molecule has 0 spiro atoms. The Balaban J connectivity index is 1.98. The van der Waals surface area contributed by atoms with Crippen molar-refractivity contribution in [3.8, 4) is 5.75 Å². The summed E-state index contributed by atoms with van der Waals surface area (Å²) in [7, 11) is 4.63. The Kier molecular flexibility index (Phi) is 5.65. The van der Waals surface area contributed by atoms with Gasteiger partial charge in [-0.25, -0.2) is 19.3 Å². The smallest absolute Gasteiger partial charge is 0.338 e. The number of methoxy groups -OCH3 is 2. The van der Waals surface area contributed by atoms with Gasteiger partial charge >= 0.3 is 12.0 Å². The zero-order chi connectivity index (χ0) is 19.4. The lowest BCUT2D eigenvalue weighted by atomic mass is 9.95. The van der Waals surface area contributed by atoms with Gasteiger partial charge in [0.2, 0.25) is 0 Å². The molecule has 0 saturated heterocycles. The topological polar surface area (TPSA) is 107 Å². The van der Waals surface area contributed by atoms with Gasteiger partial charge in [0.05, 0.1) is 25.8 Å². The van der Waals surface area contributed by atoms with Gasteiger partial charge in [-0.3, -0.25) is 0 Å². The third kappa shape index (κ3) is 4.05. The molecule has 2 N–H and O–H groups in total. The van der Waals surface area contributed by atoms with E-state index in [1.807, 2.05) is 6.07 Å². The molecule has 1 aliphatic rings. The first kappa shape index (κ1) is 18.8. The maximum absolute atomic E-state index is 12.5. The summed E-state index contributed by atoms with van der Waals surface area (Å²) >= 11 is 1.36. The average Bonchev–Trinajstić information content (AvgIpc) is 3.10. The number of ether oxygens (including phenoxy) is 2. The van der Waals surface area contributed by atoms with Gasteiger partial charge in [-0.05, 0) is 17.7 Å². The van der Waals surface area contributed by atoms with E-state index in [0.29, 0.717) is 33.5 Å². The summed E-state index contributed by atoms with van der Waals surface area (Å²) in [6.07, 6.45) is 1.44. The summed E-state index contributed by atoms with van der Waals surface area (Å²) in [5.74, 6) is 0.425. The van der Waals surface area contributed by atoms with Crippen LogP contribution in [0.3, 0.4) is 0 Å². The first-order valence-corrected chi connectivity index (χ1v) is 9.01. The molecule has 0 radical (unpaired) electrons. The zero-order valence-electron chi connectivity index (χ0n) is 15.1. The third-order valence-electron chi connectivity index (χ3n) is 4.00. The zero-order valence-corrected chi connectivity index (χ0v) is 15.9. The second kappa shape index (κ2) is 8.12. The van der Waals surface area contributed by atoms with Crippen molar-refractivity contribution in [2.45, 2.75) is 11.2 Å².